The quantitative estimate of drug-likeness (QED) is 0.372. The van der Waals surface area contributed by atoms with E-state index in [1.54, 1.807) is 7.11 Å². The number of fused-ring (bicyclic) bond motifs is 3. The van der Waals surface area contributed by atoms with E-state index in [9.17, 15) is 9.59 Å². The van der Waals surface area contributed by atoms with Gasteiger partial charge in [0.25, 0.3) is 5.91 Å². The molecule has 8 heteroatoms. The van der Waals surface area contributed by atoms with Crippen LogP contribution in [0.4, 0.5) is 5.69 Å². The van der Waals surface area contributed by atoms with E-state index in [0.29, 0.717) is 5.56 Å². The van der Waals surface area contributed by atoms with Gasteiger partial charge in [0.15, 0.2) is 0 Å². The Morgan fingerprint density at radius 3 is 2.55 bits per heavy atom. The summed E-state index contributed by atoms with van der Waals surface area (Å²) in [6.45, 7) is 1.44. The van der Waals surface area contributed by atoms with Gasteiger partial charge in [0, 0.05) is 42.4 Å². The summed E-state index contributed by atoms with van der Waals surface area (Å²) in [4.78, 5) is 29.8. The van der Waals surface area contributed by atoms with Gasteiger partial charge in [0.05, 0.1) is 37.7 Å². The molecule has 1 saturated carbocycles. The van der Waals surface area contributed by atoms with Gasteiger partial charge in [0.2, 0.25) is 5.91 Å². The van der Waals surface area contributed by atoms with Crippen molar-refractivity contribution >= 4 is 23.7 Å². The number of hydrazone groups is 1. The highest BCUT2D eigenvalue weighted by Crippen LogP contribution is 2.49. The molecule has 2 amide bonds. The minimum Gasteiger partial charge on any atom is -0.497 e. The van der Waals surface area contributed by atoms with Crippen LogP contribution in [0, 0.1) is 11.8 Å². The number of hydrogen-bond acceptors (Lipinski definition) is 6. The van der Waals surface area contributed by atoms with Crippen molar-refractivity contribution in [3.8, 4) is 5.75 Å². The SMILES string of the molecule is COc1ccc(CN2N=CCC2[C@@H]2Nc3ccccc3[C@H]3[C@@H]2CCN3C(=O)[C@H]2CCCC[C@H]2NC(=O)c2ccccc2)cc1. The topological polar surface area (TPSA) is 86.3 Å². The van der Waals surface area contributed by atoms with E-state index in [1.165, 1.54) is 11.1 Å². The number of carbonyl (C=O) groups excluding carboxylic acids is 2. The van der Waals surface area contributed by atoms with Crippen LogP contribution >= 0.6 is 0 Å². The van der Waals surface area contributed by atoms with Crippen molar-refractivity contribution in [2.45, 2.75) is 69.2 Å². The van der Waals surface area contributed by atoms with E-state index in [1.807, 2.05) is 48.7 Å². The first-order chi connectivity index (χ1) is 21.6. The predicted molar refractivity (Wildman–Crippen MR) is 172 cm³/mol. The van der Waals surface area contributed by atoms with Crippen LogP contribution in [-0.2, 0) is 11.3 Å². The van der Waals surface area contributed by atoms with E-state index in [0.717, 1.165) is 63.1 Å². The molecule has 7 rings (SSSR count). The largest absolute Gasteiger partial charge is 0.497 e. The average Bonchev–Trinajstić information content (AvgIpc) is 3.73. The molecule has 3 heterocycles. The Labute approximate surface area is 259 Å². The summed E-state index contributed by atoms with van der Waals surface area (Å²) in [6.07, 6.45) is 7.50. The zero-order valence-electron chi connectivity index (χ0n) is 25.3. The van der Waals surface area contributed by atoms with Crippen molar-refractivity contribution in [1.29, 1.82) is 0 Å². The van der Waals surface area contributed by atoms with Gasteiger partial charge in [-0.3, -0.25) is 14.6 Å². The van der Waals surface area contributed by atoms with Gasteiger partial charge in [-0.1, -0.05) is 61.4 Å². The number of carbonyl (C=O) groups is 2. The smallest absolute Gasteiger partial charge is 0.251 e. The lowest BCUT2D eigenvalue weighted by molar-refractivity contribution is -0.139. The maximum atomic E-state index is 14.5. The van der Waals surface area contributed by atoms with Crippen molar-refractivity contribution in [2.75, 3.05) is 19.0 Å². The van der Waals surface area contributed by atoms with Gasteiger partial charge in [-0.05, 0) is 60.7 Å². The lowest BCUT2D eigenvalue weighted by atomic mass is 9.78. The Bertz CT molecular complexity index is 1510. The highest BCUT2D eigenvalue weighted by atomic mass is 16.5. The van der Waals surface area contributed by atoms with Crippen LogP contribution in [-0.4, -0.2) is 59.7 Å². The fourth-order valence-corrected chi connectivity index (χ4v) is 7.92. The summed E-state index contributed by atoms with van der Waals surface area (Å²) in [7, 11) is 1.68. The van der Waals surface area contributed by atoms with E-state index in [4.69, 9.17) is 9.84 Å². The number of methoxy groups -OCH3 is 1. The monoisotopic (exact) mass is 591 g/mol. The zero-order chi connectivity index (χ0) is 30.0. The second-order valence-corrected chi connectivity index (χ2v) is 12.6. The van der Waals surface area contributed by atoms with Crippen molar-refractivity contribution < 1.29 is 14.3 Å². The maximum Gasteiger partial charge on any atom is 0.251 e. The zero-order valence-corrected chi connectivity index (χ0v) is 25.3. The summed E-state index contributed by atoms with van der Waals surface area (Å²) in [5.74, 6) is 0.986. The summed E-state index contributed by atoms with van der Waals surface area (Å²) in [6, 6.07) is 26.2. The lowest BCUT2D eigenvalue weighted by Gasteiger charge is -2.45. The number of hydrogen-bond donors (Lipinski definition) is 2. The standard InChI is InChI=1S/C36H41N5O3/c1-44-26-17-15-24(16-18-26)23-41-32(19-21-37-41)33-29-20-22-40(34(29)27-11-5-7-13-30(27)38-33)36(43)28-12-6-8-14-31(28)39-35(42)25-9-3-2-4-10-25/h2-5,7,9-11,13,15-18,21,28-29,31-34,38H,6,8,12,14,19-20,22-23H2,1H3,(H,39,42)/t28-,29+,31+,32?,33+,34-/m0/s1. The van der Waals surface area contributed by atoms with Crippen LogP contribution in [0.25, 0.3) is 0 Å². The van der Waals surface area contributed by atoms with Crippen molar-refractivity contribution in [1.82, 2.24) is 15.2 Å². The number of nitrogens with one attached hydrogen (secondary N) is 2. The predicted octanol–water partition coefficient (Wildman–Crippen LogP) is 5.63. The molecule has 0 spiro atoms. The lowest BCUT2D eigenvalue weighted by Crippen LogP contribution is -2.53. The number of amides is 2. The number of ether oxygens (including phenoxy) is 1. The molecule has 8 nitrogen and oxygen atoms in total. The van der Waals surface area contributed by atoms with E-state index >= 15 is 0 Å². The van der Waals surface area contributed by atoms with Crippen LogP contribution in [0.1, 0.15) is 66.1 Å². The van der Waals surface area contributed by atoms with Gasteiger partial charge in [-0.15, -0.1) is 0 Å². The molecule has 0 radical (unpaired) electrons. The molecule has 2 fully saturated rings. The van der Waals surface area contributed by atoms with Gasteiger partial charge in [-0.25, -0.2) is 0 Å². The first-order valence-corrected chi connectivity index (χ1v) is 16.0. The van der Waals surface area contributed by atoms with Crippen LogP contribution in [0.15, 0.2) is 84.0 Å². The Morgan fingerprint density at radius 1 is 0.955 bits per heavy atom. The van der Waals surface area contributed by atoms with Crippen molar-refractivity contribution in [3.05, 3.63) is 95.6 Å². The van der Waals surface area contributed by atoms with Crippen molar-refractivity contribution in [3.63, 3.8) is 0 Å². The molecule has 0 bridgehead atoms. The molecular formula is C36H41N5O3. The van der Waals surface area contributed by atoms with Gasteiger partial charge >= 0.3 is 0 Å². The van der Waals surface area contributed by atoms with E-state index in [-0.39, 0.29) is 47.8 Å². The minimum absolute atomic E-state index is 0.000729. The molecule has 228 valence electrons. The summed E-state index contributed by atoms with van der Waals surface area (Å²) in [5, 5.41) is 14.2. The molecule has 3 aromatic rings. The fourth-order valence-electron chi connectivity index (χ4n) is 7.92. The second-order valence-electron chi connectivity index (χ2n) is 12.6. The molecule has 1 saturated heterocycles. The third kappa shape index (κ3) is 5.42. The Hall–Kier alpha value is -4.33. The van der Waals surface area contributed by atoms with Crippen LogP contribution in [0.5, 0.6) is 5.75 Å². The molecule has 1 aliphatic carbocycles. The summed E-state index contributed by atoms with van der Waals surface area (Å²) < 4.78 is 5.35. The Balaban J connectivity index is 1.12. The summed E-state index contributed by atoms with van der Waals surface area (Å²) >= 11 is 0. The molecule has 44 heavy (non-hydrogen) atoms. The molecule has 0 aromatic heterocycles. The maximum absolute atomic E-state index is 14.5. The number of para-hydroxylation sites is 1. The Morgan fingerprint density at radius 2 is 1.73 bits per heavy atom. The summed E-state index contributed by atoms with van der Waals surface area (Å²) in [5.41, 5.74) is 4.12. The number of anilines is 1. The molecular weight excluding hydrogens is 550 g/mol. The number of rotatable bonds is 7. The normalized spacial score (nSPS) is 27.3. The number of benzene rings is 3. The van der Waals surface area contributed by atoms with Gasteiger partial charge in [0.1, 0.15) is 5.75 Å². The molecule has 6 atom stereocenters. The number of likely N-dealkylation sites (tertiary alicyclic amines) is 1. The molecule has 1 unspecified atom stereocenters. The fraction of sp³-hybridized carbons (Fsp3) is 0.417. The molecule has 4 aliphatic rings. The van der Waals surface area contributed by atoms with Gasteiger partial charge < -0.3 is 20.3 Å². The first kappa shape index (κ1) is 28.4. The van der Waals surface area contributed by atoms with E-state index in [2.05, 4.69) is 56.9 Å². The molecule has 3 aromatic carbocycles. The Kier molecular flexibility index (Phi) is 7.98. The van der Waals surface area contributed by atoms with Crippen molar-refractivity contribution in [2.24, 2.45) is 16.9 Å². The third-order valence-electron chi connectivity index (χ3n) is 10.1. The van der Waals surface area contributed by atoms with E-state index < -0.39 is 0 Å². The molecule has 2 N–H and O–H groups in total. The third-order valence-corrected chi connectivity index (χ3v) is 10.1. The number of nitrogens with zero attached hydrogens (tertiary/aromatic N) is 3. The van der Waals surface area contributed by atoms with Crippen LogP contribution in [0.3, 0.4) is 0 Å². The average molecular weight is 592 g/mol. The first-order valence-electron chi connectivity index (χ1n) is 16.0. The molecule has 3 aliphatic heterocycles. The highest BCUT2D eigenvalue weighted by Gasteiger charge is 2.51. The minimum atomic E-state index is -0.211. The van der Waals surface area contributed by atoms with Gasteiger partial charge in [-0.2, -0.15) is 5.10 Å². The highest BCUT2D eigenvalue weighted by molar-refractivity contribution is 5.95. The second kappa shape index (κ2) is 12.3. The van der Waals surface area contributed by atoms with Crippen LogP contribution < -0.4 is 15.4 Å². The van der Waals surface area contributed by atoms with Crippen LogP contribution in [0.2, 0.25) is 0 Å².